The number of benzene rings is 1. The van der Waals surface area contributed by atoms with Crippen LogP contribution in [0.15, 0.2) is 48.7 Å². The number of aromatic nitrogens is 1. The Hall–Kier alpha value is -3.64. The summed E-state index contributed by atoms with van der Waals surface area (Å²) in [6.07, 6.45) is 0.767. The molecule has 182 valence electrons. The van der Waals surface area contributed by atoms with Crippen LogP contribution in [-0.2, 0) is 14.3 Å². The number of rotatable bonds is 5. The van der Waals surface area contributed by atoms with Crippen LogP contribution in [0.1, 0.15) is 31.5 Å². The summed E-state index contributed by atoms with van der Waals surface area (Å²) in [4.78, 5) is 28.9. The number of carbonyl (C=O) groups is 2. The van der Waals surface area contributed by atoms with Gasteiger partial charge in [0.15, 0.2) is 0 Å². The van der Waals surface area contributed by atoms with Crippen LogP contribution in [0, 0.1) is 34.5 Å². The van der Waals surface area contributed by atoms with Crippen LogP contribution in [0.3, 0.4) is 0 Å². The number of nitrogens with zero attached hydrogens (tertiary/aromatic N) is 2. The van der Waals surface area contributed by atoms with E-state index in [4.69, 9.17) is 10.5 Å². The fourth-order valence-electron chi connectivity index (χ4n) is 5.53. The van der Waals surface area contributed by atoms with E-state index in [1.165, 1.54) is 13.0 Å². The van der Waals surface area contributed by atoms with Crippen molar-refractivity contribution in [3.8, 4) is 17.2 Å². The van der Waals surface area contributed by atoms with Crippen LogP contribution in [0.4, 0.5) is 8.78 Å². The first-order valence-electron chi connectivity index (χ1n) is 11.2. The summed E-state index contributed by atoms with van der Waals surface area (Å²) in [7, 11) is 0. The predicted molar refractivity (Wildman–Crippen MR) is 122 cm³/mol. The maximum absolute atomic E-state index is 15.1. The van der Waals surface area contributed by atoms with Gasteiger partial charge in [0.05, 0.1) is 17.3 Å². The summed E-state index contributed by atoms with van der Waals surface area (Å²) in [5.41, 5.74) is 5.54. The number of cyclic esters (lactones) is 1. The number of fused-ring (bicyclic) bond motifs is 1. The van der Waals surface area contributed by atoms with Gasteiger partial charge < -0.3 is 15.6 Å². The third kappa shape index (κ3) is 3.98. The Morgan fingerprint density at radius 1 is 1.31 bits per heavy atom. The number of aliphatic hydroxyl groups excluding tert-OH is 1. The number of aliphatic hydroxyl groups is 1. The molecule has 2 fully saturated rings. The molecule has 1 saturated heterocycles. The summed E-state index contributed by atoms with van der Waals surface area (Å²) in [5.74, 6) is -8.63. The zero-order valence-electron chi connectivity index (χ0n) is 19.2. The highest BCUT2D eigenvalue weighted by molar-refractivity contribution is 5.90. The van der Waals surface area contributed by atoms with E-state index < -0.39 is 59.6 Å². The number of pyridine rings is 1. The largest absolute Gasteiger partial charge is 0.462 e. The molecule has 7 nitrogen and oxygen atoms in total. The molecule has 1 saturated carbocycles. The molecule has 1 aromatic carbocycles. The molecule has 1 amide bonds. The molecule has 35 heavy (non-hydrogen) atoms. The highest BCUT2D eigenvalue weighted by Crippen LogP contribution is 2.60. The molecule has 2 aliphatic rings. The quantitative estimate of drug-likeness (QED) is 0.631. The molecular weight excluding hydrogens is 456 g/mol. The minimum Gasteiger partial charge on any atom is -0.462 e. The first kappa shape index (κ1) is 24.5. The molecule has 6 atom stereocenters. The number of esters is 1. The summed E-state index contributed by atoms with van der Waals surface area (Å²) < 4.78 is 35.6. The van der Waals surface area contributed by atoms with Crippen molar-refractivity contribution in [2.45, 2.75) is 38.4 Å². The first-order valence-corrected chi connectivity index (χ1v) is 11.2. The number of primary amides is 1. The standard InChI is InChI=1S/C26H25F2N3O4/c1-14-19(10-9-18-8-7-17(12-31-18)20-6-4-3-5-16(20)11-29)21-15(2)35-24(34)25(21,13-26(14,27)28)22(32)23(30)33/h3-10,12,14-15,19,21-22,32H,13H2,1-2H3,(H2,30,33)/b10-9+/t14-,15+,19-,21-,22-,25+/m0/s1. The number of allylic oxidation sites excluding steroid dienone is 1. The van der Waals surface area contributed by atoms with Gasteiger partial charge in [0.2, 0.25) is 5.91 Å². The molecule has 0 bridgehead atoms. The van der Waals surface area contributed by atoms with Crippen LogP contribution in [0.25, 0.3) is 17.2 Å². The van der Waals surface area contributed by atoms with Crippen molar-refractivity contribution < 1.29 is 28.2 Å². The van der Waals surface area contributed by atoms with Crippen LogP contribution in [0.5, 0.6) is 0 Å². The minimum atomic E-state index is -3.36. The SMILES string of the molecule is C[C@H]1OC(=O)[C@]2([C@@H](O)C(N)=O)CC(F)(F)[C@@H](C)[C@H](/C=C/c3ccc(-c4ccccc4C#N)cn3)[C@H]12. The first-order chi connectivity index (χ1) is 16.5. The fraction of sp³-hybridized carbons (Fsp3) is 0.385. The molecule has 1 aliphatic heterocycles. The van der Waals surface area contributed by atoms with Gasteiger partial charge in [-0.3, -0.25) is 14.6 Å². The molecule has 0 radical (unpaired) electrons. The van der Waals surface area contributed by atoms with E-state index in [1.807, 2.05) is 6.07 Å². The minimum absolute atomic E-state index is 0.475. The van der Waals surface area contributed by atoms with Crippen molar-refractivity contribution in [2.75, 3.05) is 0 Å². The fourth-order valence-corrected chi connectivity index (χ4v) is 5.53. The Morgan fingerprint density at radius 3 is 2.66 bits per heavy atom. The Balaban J connectivity index is 1.69. The van der Waals surface area contributed by atoms with E-state index >= 15 is 8.78 Å². The maximum Gasteiger partial charge on any atom is 0.316 e. The Kier molecular flexibility index (Phi) is 6.20. The zero-order chi connectivity index (χ0) is 25.5. The third-order valence-electron chi connectivity index (χ3n) is 7.35. The van der Waals surface area contributed by atoms with E-state index in [2.05, 4.69) is 11.1 Å². The zero-order valence-corrected chi connectivity index (χ0v) is 19.2. The second-order valence-electron chi connectivity index (χ2n) is 9.27. The van der Waals surface area contributed by atoms with Crippen LogP contribution < -0.4 is 5.73 Å². The van der Waals surface area contributed by atoms with E-state index in [0.29, 0.717) is 11.3 Å². The molecule has 2 aromatic rings. The van der Waals surface area contributed by atoms with Crippen LogP contribution in [0.2, 0.25) is 0 Å². The lowest BCUT2D eigenvalue weighted by atomic mass is 9.54. The molecule has 1 aliphatic carbocycles. The monoisotopic (exact) mass is 481 g/mol. The molecule has 3 N–H and O–H groups in total. The lowest BCUT2D eigenvalue weighted by Crippen LogP contribution is -2.61. The van der Waals surface area contributed by atoms with Gasteiger partial charge >= 0.3 is 5.97 Å². The lowest BCUT2D eigenvalue weighted by molar-refractivity contribution is -0.192. The average molecular weight is 481 g/mol. The van der Waals surface area contributed by atoms with Gasteiger partial charge in [0.25, 0.3) is 5.92 Å². The number of alkyl halides is 2. The average Bonchev–Trinajstić information content (AvgIpc) is 3.08. The Labute approximate surface area is 201 Å². The number of hydrogen-bond acceptors (Lipinski definition) is 6. The topological polar surface area (TPSA) is 126 Å². The van der Waals surface area contributed by atoms with Crippen molar-refractivity contribution in [1.82, 2.24) is 4.98 Å². The molecule has 0 unspecified atom stereocenters. The number of halogens is 2. The van der Waals surface area contributed by atoms with Gasteiger partial charge in [0.1, 0.15) is 17.6 Å². The van der Waals surface area contributed by atoms with E-state index in [1.54, 1.807) is 49.5 Å². The molecule has 1 aromatic heterocycles. The summed E-state index contributed by atoms with van der Waals surface area (Å²) >= 11 is 0. The van der Waals surface area contributed by atoms with E-state index in [9.17, 15) is 20.0 Å². The smallest absolute Gasteiger partial charge is 0.316 e. The van der Waals surface area contributed by atoms with Crippen molar-refractivity contribution in [3.63, 3.8) is 0 Å². The maximum atomic E-state index is 15.1. The van der Waals surface area contributed by atoms with Crippen LogP contribution in [-0.4, -0.2) is 40.1 Å². The number of nitrogens with two attached hydrogens (primary N) is 1. The van der Waals surface area contributed by atoms with Gasteiger partial charge in [0, 0.05) is 35.6 Å². The van der Waals surface area contributed by atoms with Crippen molar-refractivity contribution in [2.24, 2.45) is 28.9 Å². The Morgan fingerprint density at radius 2 is 2.03 bits per heavy atom. The highest BCUT2D eigenvalue weighted by Gasteiger charge is 2.71. The summed E-state index contributed by atoms with van der Waals surface area (Å²) in [6, 6.07) is 12.7. The van der Waals surface area contributed by atoms with Gasteiger partial charge in [-0.05, 0) is 31.1 Å². The number of hydrogen-bond donors (Lipinski definition) is 2. The Bertz CT molecular complexity index is 1220. The highest BCUT2D eigenvalue weighted by atomic mass is 19.3. The van der Waals surface area contributed by atoms with E-state index in [-0.39, 0.29) is 0 Å². The van der Waals surface area contributed by atoms with Gasteiger partial charge in [-0.2, -0.15) is 5.26 Å². The normalized spacial score (nSPS) is 30.3. The molecule has 4 rings (SSSR count). The lowest BCUT2D eigenvalue weighted by Gasteiger charge is -2.48. The van der Waals surface area contributed by atoms with Gasteiger partial charge in [-0.15, -0.1) is 0 Å². The van der Waals surface area contributed by atoms with E-state index in [0.717, 1.165) is 11.1 Å². The number of ether oxygens (including phenoxy) is 1. The number of amides is 1. The van der Waals surface area contributed by atoms with Gasteiger partial charge in [-0.25, -0.2) is 8.78 Å². The molecule has 2 heterocycles. The second-order valence-corrected chi connectivity index (χ2v) is 9.27. The summed E-state index contributed by atoms with van der Waals surface area (Å²) in [5, 5.41) is 19.9. The predicted octanol–water partition coefficient (Wildman–Crippen LogP) is 3.32. The van der Waals surface area contributed by atoms with Crippen molar-refractivity contribution in [3.05, 3.63) is 59.9 Å². The molecule has 0 spiro atoms. The third-order valence-corrected chi connectivity index (χ3v) is 7.35. The van der Waals surface area contributed by atoms with Gasteiger partial charge in [-0.1, -0.05) is 37.3 Å². The molecule has 9 heteroatoms. The number of nitriles is 1. The summed E-state index contributed by atoms with van der Waals surface area (Å²) in [6.45, 7) is 2.94. The van der Waals surface area contributed by atoms with Crippen molar-refractivity contribution >= 4 is 18.0 Å². The molecular formula is C26H25F2N3O4. The van der Waals surface area contributed by atoms with Crippen LogP contribution >= 0.6 is 0 Å². The van der Waals surface area contributed by atoms with Crippen molar-refractivity contribution in [1.29, 1.82) is 5.26 Å². The number of carbonyl (C=O) groups excluding carboxylic acids is 2. The second kappa shape index (κ2) is 8.86.